The van der Waals surface area contributed by atoms with E-state index in [1.54, 1.807) is 0 Å². The van der Waals surface area contributed by atoms with Gasteiger partial charge in [-0.3, -0.25) is 14.6 Å². The summed E-state index contributed by atoms with van der Waals surface area (Å²) in [6.45, 7) is 23.9. The van der Waals surface area contributed by atoms with Crippen molar-refractivity contribution in [2.75, 3.05) is 6.54 Å². The number of hydrogen-bond donors (Lipinski definition) is 6. The lowest BCUT2D eigenvalue weighted by Crippen LogP contribution is -2.53. The second-order valence-electron chi connectivity index (χ2n) is 14.7. The minimum Gasteiger partial charge on any atom is -0.370 e. The van der Waals surface area contributed by atoms with Crippen LogP contribution in [0.2, 0.25) is 0 Å². The second-order valence-corrected chi connectivity index (χ2v) is 14.7. The van der Waals surface area contributed by atoms with Crippen molar-refractivity contribution in [3.05, 3.63) is 34.5 Å². The van der Waals surface area contributed by atoms with E-state index in [1.165, 1.54) is 11.1 Å². The lowest BCUT2D eigenvalue weighted by molar-refractivity contribution is -0.130. The number of aromatic nitrogens is 1. The largest absolute Gasteiger partial charge is 0.370 e. The van der Waals surface area contributed by atoms with Crippen LogP contribution < -0.4 is 27.8 Å². The van der Waals surface area contributed by atoms with Crippen molar-refractivity contribution in [1.82, 2.24) is 15.6 Å². The molecule has 0 saturated carbocycles. The fourth-order valence-corrected chi connectivity index (χ4v) is 4.98. The van der Waals surface area contributed by atoms with Crippen LogP contribution in [0.3, 0.4) is 0 Å². The van der Waals surface area contributed by atoms with Gasteiger partial charge in [0.05, 0.1) is 6.04 Å². The summed E-state index contributed by atoms with van der Waals surface area (Å²) in [4.78, 5) is 34.1. The molecule has 1 heterocycles. The van der Waals surface area contributed by atoms with Crippen LogP contribution in [-0.4, -0.2) is 47.4 Å². The Morgan fingerprint density at radius 1 is 0.902 bits per heavy atom. The first kappa shape index (κ1) is 34.1. The van der Waals surface area contributed by atoms with Crippen LogP contribution >= 0.6 is 0 Å². The summed E-state index contributed by atoms with van der Waals surface area (Å²) < 4.78 is 0. The van der Waals surface area contributed by atoms with Gasteiger partial charge < -0.3 is 32.8 Å². The zero-order valence-electron chi connectivity index (χ0n) is 27.2. The van der Waals surface area contributed by atoms with Gasteiger partial charge in [-0.25, -0.2) is 0 Å². The summed E-state index contributed by atoms with van der Waals surface area (Å²) in [7, 11) is 0. The summed E-state index contributed by atoms with van der Waals surface area (Å²) >= 11 is 0. The predicted molar refractivity (Wildman–Crippen MR) is 171 cm³/mol. The molecule has 230 valence electrons. The van der Waals surface area contributed by atoms with Crippen molar-refractivity contribution in [1.29, 1.82) is 0 Å². The molecule has 2 aromatic rings. The number of carbonyl (C=O) groups excluding carboxylic acids is 2. The molecule has 0 radical (unpaired) electrons. The molecule has 1 aromatic heterocycles. The van der Waals surface area contributed by atoms with E-state index >= 15 is 0 Å². The van der Waals surface area contributed by atoms with Gasteiger partial charge in [0.25, 0.3) is 0 Å². The van der Waals surface area contributed by atoms with Gasteiger partial charge in [-0.1, -0.05) is 68.4 Å². The summed E-state index contributed by atoms with van der Waals surface area (Å²) in [6.07, 6.45) is 1.26. The van der Waals surface area contributed by atoms with Crippen LogP contribution in [0.5, 0.6) is 0 Å². The number of aromatic amines is 1. The molecule has 0 aliphatic rings. The maximum atomic E-state index is 13.5. The van der Waals surface area contributed by atoms with Crippen molar-refractivity contribution in [3.8, 4) is 0 Å². The molecule has 2 atom stereocenters. The topological polar surface area (TPSA) is 164 Å². The minimum absolute atomic E-state index is 0.00291. The summed E-state index contributed by atoms with van der Waals surface area (Å²) in [5.41, 5.74) is 22.8. The monoisotopic (exact) mass is 569 g/mol. The van der Waals surface area contributed by atoms with E-state index in [1.807, 2.05) is 13.8 Å². The number of H-pyrrole nitrogens is 1. The Hall–Kier alpha value is -3.07. The van der Waals surface area contributed by atoms with Crippen LogP contribution in [0.15, 0.2) is 17.1 Å². The van der Waals surface area contributed by atoms with Crippen LogP contribution in [0.1, 0.15) is 111 Å². The molecule has 9 nitrogen and oxygen atoms in total. The Labute approximate surface area is 246 Å². The number of hydrogen-bond acceptors (Lipinski definition) is 4. The molecule has 2 rings (SSSR count). The zero-order chi connectivity index (χ0) is 31.5. The molecule has 0 fully saturated rings. The molecule has 9 heteroatoms. The Morgan fingerprint density at radius 2 is 1.51 bits per heavy atom. The first-order chi connectivity index (χ1) is 18.6. The SMILES string of the molecule is CC(C)NC(=O)[C@H](CCCN=C(N)N)NC(=O)[C@@H](N)Cc1c(C(C)(C)C)[nH]c2c(C(C)(C)C)cc(C(C)(C)C)cc12. The normalized spacial score (nSPS) is 14.2. The minimum atomic E-state index is -0.849. The van der Waals surface area contributed by atoms with Gasteiger partial charge in [-0.05, 0) is 66.7 Å². The lowest BCUT2D eigenvalue weighted by atomic mass is 9.78. The van der Waals surface area contributed by atoms with Crippen LogP contribution in [0, 0.1) is 0 Å². The quantitative estimate of drug-likeness (QED) is 0.144. The van der Waals surface area contributed by atoms with Crippen LogP contribution in [0.25, 0.3) is 10.9 Å². The third-order valence-electron chi connectivity index (χ3n) is 7.21. The maximum Gasteiger partial charge on any atom is 0.242 e. The molecule has 0 aliphatic carbocycles. The fourth-order valence-electron chi connectivity index (χ4n) is 4.98. The van der Waals surface area contributed by atoms with E-state index in [0.29, 0.717) is 25.8 Å². The highest BCUT2D eigenvalue weighted by Crippen LogP contribution is 2.40. The van der Waals surface area contributed by atoms with E-state index in [4.69, 9.17) is 17.2 Å². The molecular formula is C32H55N7O2. The maximum absolute atomic E-state index is 13.5. The van der Waals surface area contributed by atoms with Gasteiger partial charge in [-0.2, -0.15) is 0 Å². The molecule has 0 unspecified atom stereocenters. The third-order valence-corrected chi connectivity index (χ3v) is 7.21. The Balaban J connectivity index is 2.50. The van der Waals surface area contributed by atoms with Crippen molar-refractivity contribution in [3.63, 3.8) is 0 Å². The molecule has 0 aliphatic heterocycles. The lowest BCUT2D eigenvalue weighted by Gasteiger charge is -2.26. The number of benzene rings is 1. The summed E-state index contributed by atoms with van der Waals surface area (Å²) in [6, 6.07) is 2.90. The second kappa shape index (κ2) is 12.8. The summed E-state index contributed by atoms with van der Waals surface area (Å²) in [5, 5.41) is 6.89. The highest BCUT2D eigenvalue weighted by Gasteiger charge is 2.31. The molecule has 41 heavy (non-hydrogen) atoms. The fraction of sp³-hybridized carbons (Fsp3) is 0.656. The smallest absolute Gasteiger partial charge is 0.242 e. The van der Waals surface area contributed by atoms with Gasteiger partial charge in [0.1, 0.15) is 6.04 Å². The van der Waals surface area contributed by atoms with Crippen molar-refractivity contribution in [2.24, 2.45) is 22.2 Å². The Kier molecular flexibility index (Phi) is 10.7. The van der Waals surface area contributed by atoms with E-state index in [0.717, 1.165) is 22.2 Å². The van der Waals surface area contributed by atoms with Crippen molar-refractivity contribution >= 4 is 28.7 Å². The summed E-state index contributed by atoms with van der Waals surface area (Å²) in [5.74, 6) is -0.623. The molecule has 0 spiro atoms. The van der Waals surface area contributed by atoms with Crippen molar-refractivity contribution < 1.29 is 9.59 Å². The highest BCUT2D eigenvalue weighted by molar-refractivity contribution is 5.92. The number of fused-ring (bicyclic) bond motifs is 1. The number of aliphatic imine (C=N–C) groups is 1. The number of amides is 2. The average molecular weight is 570 g/mol. The Bertz CT molecular complexity index is 1250. The number of guanidine groups is 1. The molecule has 9 N–H and O–H groups in total. The first-order valence-electron chi connectivity index (χ1n) is 14.7. The van der Waals surface area contributed by atoms with E-state index in [-0.39, 0.29) is 40.1 Å². The van der Waals surface area contributed by atoms with Gasteiger partial charge >= 0.3 is 0 Å². The van der Waals surface area contributed by atoms with E-state index in [2.05, 4.69) is 95.1 Å². The van der Waals surface area contributed by atoms with Gasteiger partial charge in [0, 0.05) is 34.6 Å². The van der Waals surface area contributed by atoms with Crippen molar-refractivity contribution in [2.45, 2.75) is 130 Å². The molecule has 2 amide bonds. The molecule has 0 saturated heterocycles. The van der Waals surface area contributed by atoms with Crippen LogP contribution in [0.4, 0.5) is 0 Å². The van der Waals surface area contributed by atoms with Crippen LogP contribution in [-0.2, 0) is 32.3 Å². The molecule has 1 aromatic carbocycles. The number of nitrogens with zero attached hydrogens (tertiary/aromatic N) is 1. The predicted octanol–water partition coefficient (Wildman–Crippen LogP) is 3.99. The number of nitrogens with two attached hydrogens (primary N) is 3. The molecular weight excluding hydrogens is 514 g/mol. The number of carbonyl (C=O) groups is 2. The highest BCUT2D eigenvalue weighted by atomic mass is 16.2. The van der Waals surface area contributed by atoms with Gasteiger partial charge in [0.15, 0.2) is 5.96 Å². The third kappa shape index (κ3) is 9.21. The Morgan fingerprint density at radius 3 is 2.00 bits per heavy atom. The zero-order valence-corrected chi connectivity index (χ0v) is 27.2. The molecule has 0 bridgehead atoms. The standard InChI is InChI=1S/C32H55N7O2/c1-18(2)37-28(41)24(13-12-14-36-29(34)35)38-27(40)23(33)17-21-20-15-19(30(3,4)5)16-22(31(6,7)8)25(20)39-26(21)32(9,10)11/h15-16,18,23-24,39H,12-14,17,33H2,1-11H3,(H,37,41)(H,38,40)(H4,34,35,36)/t23-,24-/m0/s1. The van der Waals surface area contributed by atoms with E-state index < -0.39 is 12.1 Å². The first-order valence-corrected chi connectivity index (χ1v) is 14.7. The van der Waals surface area contributed by atoms with Gasteiger partial charge in [0.2, 0.25) is 11.8 Å². The number of rotatable bonds is 10. The van der Waals surface area contributed by atoms with Gasteiger partial charge in [-0.15, -0.1) is 0 Å². The average Bonchev–Trinajstić information content (AvgIpc) is 3.17. The van der Waals surface area contributed by atoms with E-state index in [9.17, 15) is 9.59 Å². The number of nitrogens with one attached hydrogen (secondary N) is 3.